The van der Waals surface area contributed by atoms with Crippen molar-refractivity contribution in [3.05, 3.63) is 11.1 Å². The predicted octanol–water partition coefficient (Wildman–Crippen LogP) is 0.461. The van der Waals surface area contributed by atoms with Gasteiger partial charge in [0.05, 0.1) is 19.3 Å². The zero-order chi connectivity index (χ0) is 18.4. The minimum absolute atomic E-state index is 0.0592. The molecule has 0 bridgehead atoms. The maximum absolute atomic E-state index is 13.1. The van der Waals surface area contributed by atoms with Crippen LogP contribution >= 0.6 is 0 Å². The molecule has 2 N–H and O–H groups in total. The highest BCUT2D eigenvalue weighted by Crippen LogP contribution is 2.51. The summed E-state index contributed by atoms with van der Waals surface area (Å²) in [4.78, 5) is 2.18. The Kier molecular flexibility index (Phi) is 4.61. The smallest absolute Gasteiger partial charge is 0.245 e. The van der Waals surface area contributed by atoms with Gasteiger partial charge in [0.1, 0.15) is 4.90 Å². The van der Waals surface area contributed by atoms with E-state index in [1.165, 1.54) is 7.11 Å². The van der Waals surface area contributed by atoms with Gasteiger partial charge >= 0.3 is 0 Å². The molecule has 3 rings (SSSR count). The van der Waals surface area contributed by atoms with Crippen LogP contribution < -0.4 is 18.9 Å². The topological polar surface area (TPSA) is 97.3 Å². The Labute approximate surface area is 147 Å². The van der Waals surface area contributed by atoms with Gasteiger partial charge in [0.15, 0.2) is 11.5 Å². The van der Waals surface area contributed by atoms with E-state index in [4.69, 9.17) is 14.2 Å². The van der Waals surface area contributed by atoms with Crippen molar-refractivity contribution in [2.75, 3.05) is 34.1 Å². The lowest BCUT2D eigenvalue weighted by molar-refractivity contribution is 0.169. The number of aliphatic hydroxyl groups excluding tert-OH is 1. The Hall–Kier alpha value is -1.55. The van der Waals surface area contributed by atoms with Crippen molar-refractivity contribution in [3.8, 4) is 17.2 Å². The molecule has 2 aliphatic heterocycles. The van der Waals surface area contributed by atoms with Crippen molar-refractivity contribution >= 4 is 10.0 Å². The summed E-state index contributed by atoms with van der Waals surface area (Å²) in [7, 11) is -0.427. The van der Waals surface area contributed by atoms with Crippen molar-refractivity contribution in [2.24, 2.45) is 0 Å². The summed E-state index contributed by atoms with van der Waals surface area (Å²) in [6, 6.07) is 0. The van der Waals surface area contributed by atoms with Gasteiger partial charge in [-0.05, 0) is 32.9 Å². The van der Waals surface area contributed by atoms with Crippen LogP contribution in [0.1, 0.15) is 25.0 Å². The average molecular weight is 372 g/mol. The Bertz CT molecular complexity index is 791. The molecule has 1 aromatic rings. The van der Waals surface area contributed by atoms with E-state index in [9.17, 15) is 13.5 Å². The van der Waals surface area contributed by atoms with E-state index in [2.05, 4.69) is 9.62 Å². The first kappa shape index (κ1) is 18.2. The van der Waals surface area contributed by atoms with Crippen molar-refractivity contribution in [3.63, 3.8) is 0 Å². The Morgan fingerprint density at radius 2 is 1.96 bits per heavy atom. The summed E-state index contributed by atoms with van der Waals surface area (Å²) in [6.07, 6.45) is 0.550. The van der Waals surface area contributed by atoms with Gasteiger partial charge in [-0.2, -0.15) is 0 Å². The number of benzene rings is 1. The van der Waals surface area contributed by atoms with Gasteiger partial charge in [-0.3, -0.25) is 0 Å². The summed E-state index contributed by atoms with van der Waals surface area (Å²) in [6.45, 7) is 4.13. The van der Waals surface area contributed by atoms with Gasteiger partial charge in [0.25, 0.3) is 0 Å². The van der Waals surface area contributed by atoms with E-state index in [0.29, 0.717) is 30.0 Å². The minimum atomic E-state index is -3.93. The Balaban J connectivity index is 2.24. The number of likely N-dealkylation sites (N-methyl/N-ethyl adjacent to an activating group) is 1. The van der Waals surface area contributed by atoms with Gasteiger partial charge < -0.3 is 24.2 Å². The lowest BCUT2D eigenvalue weighted by Gasteiger charge is -2.30. The summed E-state index contributed by atoms with van der Waals surface area (Å²) >= 11 is 0. The first-order valence-corrected chi connectivity index (χ1v) is 9.53. The largest absolute Gasteiger partial charge is 0.492 e. The Morgan fingerprint density at radius 3 is 2.60 bits per heavy atom. The van der Waals surface area contributed by atoms with Crippen LogP contribution in [-0.4, -0.2) is 58.1 Å². The number of hydrogen-bond donors (Lipinski definition) is 2. The molecule has 0 atom stereocenters. The van der Waals surface area contributed by atoms with E-state index in [-0.39, 0.29) is 24.0 Å². The van der Waals surface area contributed by atoms with E-state index in [0.717, 1.165) is 12.1 Å². The summed E-state index contributed by atoms with van der Waals surface area (Å²) in [5, 5.41) is 9.44. The molecule has 2 heterocycles. The fraction of sp³-hybridized carbons (Fsp3) is 0.625. The fourth-order valence-corrected chi connectivity index (χ4v) is 5.03. The van der Waals surface area contributed by atoms with Crippen molar-refractivity contribution in [1.29, 1.82) is 0 Å². The molecule has 0 saturated heterocycles. The molecule has 140 valence electrons. The van der Waals surface area contributed by atoms with Crippen LogP contribution in [0.3, 0.4) is 0 Å². The molecule has 0 fully saturated rings. The van der Waals surface area contributed by atoms with Crippen LogP contribution in [0, 0.1) is 0 Å². The summed E-state index contributed by atoms with van der Waals surface area (Å²) < 4.78 is 45.3. The van der Waals surface area contributed by atoms with Crippen LogP contribution in [0.4, 0.5) is 0 Å². The van der Waals surface area contributed by atoms with Gasteiger partial charge in [-0.1, -0.05) is 0 Å². The number of methoxy groups -OCH3 is 1. The fourth-order valence-electron chi connectivity index (χ4n) is 3.19. The predicted molar refractivity (Wildman–Crippen MR) is 90.6 cm³/mol. The lowest BCUT2D eigenvalue weighted by Crippen LogP contribution is -2.46. The highest BCUT2D eigenvalue weighted by Gasteiger charge is 2.39. The molecule has 8 nitrogen and oxygen atoms in total. The third-order valence-corrected chi connectivity index (χ3v) is 6.18. The molecule has 0 aromatic heterocycles. The second kappa shape index (κ2) is 6.31. The molecule has 0 spiro atoms. The normalized spacial score (nSPS) is 17.5. The van der Waals surface area contributed by atoms with Crippen LogP contribution in [-0.2, 0) is 23.0 Å². The monoisotopic (exact) mass is 372 g/mol. The minimum Gasteiger partial charge on any atom is -0.492 e. The molecule has 25 heavy (non-hydrogen) atoms. The number of hydrogen-bond acceptors (Lipinski definition) is 7. The quantitative estimate of drug-likeness (QED) is 0.775. The van der Waals surface area contributed by atoms with Crippen LogP contribution in [0.25, 0.3) is 0 Å². The van der Waals surface area contributed by atoms with Crippen LogP contribution in [0.2, 0.25) is 0 Å². The average Bonchev–Trinajstić information content (AvgIpc) is 2.99. The third-order valence-electron chi connectivity index (χ3n) is 4.39. The molecule has 0 unspecified atom stereocenters. The molecule has 1 aromatic carbocycles. The standard InChI is InChI=1S/C16H24N2O6S/c1-16(2,8-19)17-25(20,21)15-10-5-6-18(3)7-11(10)12(22-4)13-14(15)24-9-23-13/h17,19H,5-9H2,1-4H3. The maximum atomic E-state index is 13.1. The molecule has 0 saturated carbocycles. The molecule has 2 aliphatic rings. The lowest BCUT2D eigenvalue weighted by atomic mass is 9.97. The number of sulfonamides is 1. The number of nitrogens with zero attached hydrogens (tertiary/aromatic N) is 1. The maximum Gasteiger partial charge on any atom is 0.245 e. The first-order chi connectivity index (χ1) is 11.7. The number of nitrogens with one attached hydrogen (secondary N) is 1. The van der Waals surface area contributed by atoms with E-state index in [1.54, 1.807) is 13.8 Å². The highest BCUT2D eigenvalue weighted by atomic mass is 32.2. The Morgan fingerprint density at radius 1 is 1.28 bits per heavy atom. The molecule has 0 amide bonds. The number of rotatable bonds is 5. The van der Waals surface area contributed by atoms with Crippen molar-refractivity contribution in [1.82, 2.24) is 9.62 Å². The molecular formula is C16H24N2O6S. The summed E-state index contributed by atoms with van der Waals surface area (Å²) in [5.41, 5.74) is 0.479. The van der Waals surface area contributed by atoms with Gasteiger partial charge in [0.2, 0.25) is 22.6 Å². The molecule has 9 heteroatoms. The highest BCUT2D eigenvalue weighted by molar-refractivity contribution is 7.89. The van der Waals surface area contributed by atoms with Crippen molar-refractivity contribution in [2.45, 2.75) is 37.2 Å². The summed E-state index contributed by atoms with van der Waals surface area (Å²) in [5.74, 6) is 1.02. The van der Waals surface area contributed by atoms with Gasteiger partial charge in [0, 0.05) is 18.7 Å². The molecule has 0 radical (unpaired) electrons. The van der Waals surface area contributed by atoms with E-state index in [1.807, 2.05) is 7.05 Å². The second-order valence-corrected chi connectivity index (χ2v) is 8.64. The van der Waals surface area contributed by atoms with Crippen LogP contribution in [0.5, 0.6) is 17.2 Å². The SMILES string of the molecule is COc1c2c(c(S(=O)(=O)NC(C)(C)CO)c3c1OCO3)CCN(C)C2. The zero-order valence-corrected chi connectivity index (χ0v) is 15.7. The first-order valence-electron chi connectivity index (χ1n) is 8.05. The molecular weight excluding hydrogens is 348 g/mol. The second-order valence-electron chi connectivity index (χ2n) is 7.02. The third kappa shape index (κ3) is 3.17. The van der Waals surface area contributed by atoms with E-state index >= 15 is 0 Å². The van der Waals surface area contributed by atoms with Gasteiger partial charge in [-0.25, -0.2) is 13.1 Å². The van der Waals surface area contributed by atoms with Gasteiger partial charge in [-0.15, -0.1) is 0 Å². The number of ether oxygens (including phenoxy) is 3. The molecule has 0 aliphatic carbocycles. The zero-order valence-electron chi connectivity index (χ0n) is 14.9. The van der Waals surface area contributed by atoms with E-state index < -0.39 is 15.6 Å². The van der Waals surface area contributed by atoms with Crippen LogP contribution in [0.15, 0.2) is 4.90 Å². The number of aliphatic hydroxyl groups is 1. The van der Waals surface area contributed by atoms with Crippen molar-refractivity contribution < 1.29 is 27.7 Å². The number of fused-ring (bicyclic) bond motifs is 2.